The van der Waals surface area contributed by atoms with Crippen LogP contribution in [0.4, 0.5) is 0 Å². The lowest BCUT2D eigenvalue weighted by molar-refractivity contribution is -0.167. The van der Waals surface area contributed by atoms with E-state index < -0.39 is 6.10 Å². The van der Waals surface area contributed by atoms with Crippen LogP contribution < -0.4 is 0 Å². The monoisotopic (exact) mass is 695 g/mol. The third-order valence-electron chi connectivity index (χ3n) is 9.61. The van der Waals surface area contributed by atoms with Crippen LogP contribution in [0, 0.1) is 0 Å². The van der Waals surface area contributed by atoms with E-state index in [4.69, 9.17) is 14.2 Å². The average molecular weight is 695 g/mol. The third kappa shape index (κ3) is 37.5. The molecule has 0 unspecified atom stereocenters. The first kappa shape index (κ1) is 47.4. The van der Waals surface area contributed by atoms with Gasteiger partial charge in [-0.05, 0) is 19.3 Å². The second kappa shape index (κ2) is 39.2. The highest BCUT2D eigenvalue weighted by Gasteiger charge is 2.19. The van der Waals surface area contributed by atoms with Gasteiger partial charge in [0.2, 0.25) is 0 Å². The quantitative estimate of drug-likeness (QED) is 0.0362. The summed E-state index contributed by atoms with van der Waals surface area (Å²) in [6.45, 7) is 6.61. The first-order chi connectivity index (χ1) is 24.0. The SMILES string of the molecule is CCCCCCCCCCCCCCC(=O)OC[C@@H](COC(=O)CCCCCCCCCCC)OC(=O)CCCCCCCCCCCC. The van der Waals surface area contributed by atoms with Gasteiger partial charge in [-0.25, -0.2) is 0 Å². The average Bonchev–Trinajstić information content (AvgIpc) is 3.10. The zero-order chi connectivity index (χ0) is 35.9. The van der Waals surface area contributed by atoms with Crippen LogP contribution in [0.15, 0.2) is 0 Å². The first-order valence-electron chi connectivity index (χ1n) is 21.5. The largest absolute Gasteiger partial charge is 0.462 e. The highest BCUT2D eigenvalue weighted by molar-refractivity contribution is 5.71. The number of ether oxygens (including phenoxy) is 3. The first-order valence-corrected chi connectivity index (χ1v) is 21.5. The molecule has 0 bridgehead atoms. The summed E-state index contributed by atoms with van der Waals surface area (Å²) in [6.07, 6.45) is 37.9. The van der Waals surface area contributed by atoms with Crippen molar-refractivity contribution in [3.05, 3.63) is 0 Å². The number of hydrogen-bond donors (Lipinski definition) is 0. The van der Waals surface area contributed by atoms with Crippen LogP contribution in [-0.4, -0.2) is 37.2 Å². The third-order valence-corrected chi connectivity index (χ3v) is 9.61. The Morgan fingerprint density at radius 2 is 0.551 bits per heavy atom. The van der Waals surface area contributed by atoms with Gasteiger partial charge < -0.3 is 14.2 Å². The van der Waals surface area contributed by atoms with Gasteiger partial charge in [0.25, 0.3) is 0 Å². The van der Waals surface area contributed by atoms with Crippen LogP contribution in [0.2, 0.25) is 0 Å². The molecule has 0 N–H and O–H groups in total. The van der Waals surface area contributed by atoms with Crippen LogP contribution in [0.5, 0.6) is 0 Å². The smallest absolute Gasteiger partial charge is 0.306 e. The van der Waals surface area contributed by atoms with Gasteiger partial charge in [0.1, 0.15) is 13.2 Å². The second-order valence-corrected chi connectivity index (χ2v) is 14.6. The Hall–Kier alpha value is -1.59. The fraction of sp³-hybridized carbons (Fsp3) is 0.930. The minimum atomic E-state index is -0.756. The van der Waals surface area contributed by atoms with Crippen molar-refractivity contribution in [1.29, 1.82) is 0 Å². The van der Waals surface area contributed by atoms with Crippen LogP contribution in [0.3, 0.4) is 0 Å². The van der Waals surface area contributed by atoms with Crippen LogP contribution in [-0.2, 0) is 28.6 Å². The molecule has 0 aliphatic heterocycles. The predicted octanol–water partition coefficient (Wildman–Crippen LogP) is 13.3. The highest BCUT2D eigenvalue weighted by atomic mass is 16.6. The lowest BCUT2D eigenvalue weighted by atomic mass is 10.0. The Labute approximate surface area is 304 Å². The lowest BCUT2D eigenvalue weighted by Crippen LogP contribution is -2.30. The number of rotatable bonds is 39. The van der Waals surface area contributed by atoms with Gasteiger partial charge in [-0.1, -0.05) is 201 Å². The van der Waals surface area contributed by atoms with Crippen molar-refractivity contribution in [3.63, 3.8) is 0 Å². The Kier molecular flexibility index (Phi) is 37.9. The van der Waals surface area contributed by atoms with E-state index in [2.05, 4.69) is 20.8 Å². The van der Waals surface area contributed by atoms with Gasteiger partial charge in [0, 0.05) is 19.3 Å². The molecule has 0 aromatic carbocycles. The number of unbranched alkanes of at least 4 members (excludes halogenated alkanes) is 28. The van der Waals surface area contributed by atoms with E-state index in [-0.39, 0.29) is 31.1 Å². The van der Waals surface area contributed by atoms with Crippen molar-refractivity contribution in [3.8, 4) is 0 Å². The van der Waals surface area contributed by atoms with E-state index >= 15 is 0 Å². The molecule has 0 aromatic heterocycles. The maximum absolute atomic E-state index is 12.6. The van der Waals surface area contributed by atoms with Crippen molar-refractivity contribution in [1.82, 2.24) is 0 Å². The van der Waals surface area contributed by atoms with Gasteiger partial charge in [0.15, 0.2) is 6.10 Å². The van der Waals surface area contributed by atoms with Gasteiger partial charge in [-0.2, -0.15) is 0 Å². The molecular weight excluding hydrogens is 612 g/mol. The second-order valence-electron chi connectivity index (χ2n) is 14.6. The van der Waals surface area contributed by atoms with E-state index in [1.807, 2.05) is 0 Å². The van der Waals surface area contributed by atoms with Crippen molar-refractivity contribution < 1.29 is 28.6 Å². The summed E-state index contributed by atoms with van der Waals surface area (Å²) in [4.78, 5) is 37.5. The number of esters is 3. The fourth-order valence-corrected chi connectivity index (χ4v) is 6.32. The molecule has 6 nitrogen and oxygen atoms in total. The fourth-order valence-electron chi connectivity index (χ4n) is 6.32. The molecule has 6 heteroatoms. The van der Waals surface area contributed by atoms with Crippen molar-refractivity contribution in [2.75, 3.05) is 13.2 Å². The summed E-state index contributed by atoms with van der Waals surface area (Å²) >= 11 is 0. The summed E-state index contributed by atoms with van der Waals surface area (Å²) in [5.41, 5.74) is 0. The number of carbonyl (C=O) groups is 3. The van der Waals surface area contributed by atoms with Crippen LogP contribution >= 0.6 is 0 Å². The molecule has 0 amide bonds. The number of hydrogen-bond acceptors (Lipinski definition) is 6. The van der Waals surface area contributed by atoms with E-state index in [0.29, 0.717) is 19.3 Å². The topological polar surface area (TPSA) is 78.9 Å². The van der Waals surface area contributed by atoms with Crippen LogP contribution in [0.1, 0.15) is 239 Å². The van der Waals surface area contributed by atoms with Crippen molar-refractivity contribution in [2.24, 2.45) is 0 Å². The molecule has 0 saturated carbocycles. The Morgan fingerprint density at radius 1 is 0.327 bits per heavy atom. The van der Waals surface area contributed by atoms with Crippen molar-refractivity contribution in [2.45, 2.75) is 245 Å². The molecule has 0 spiro atoms. The summed E-state index contributed by atoms with van der Waals surface area (Å²) in [5, 5.41) is 0. The summed E-state index contributed by atoms with van der Waals surface area (Å²) in [7, 11) is 0. The molecular formula is C43H82O6. The van der Waals surface area contributed by atoms with Gasteiger partial charge in [-0.3, -0.25) is 14.4 Å². The van der Waals surface area contributed by atoms with E-state index in [0.717, 1.165) is 57.8 Å². The molecule has 0 heterocycles. The molecule has 49 heavy (non-hydrogen) atoms. The van der Waals surface area contributed by atoms with E-state index in [1.165, 1.54) is 141 Å². The summed E-state index contributed by atoms with van der Waals surface area (Å²) < 4.78 is 16.6. The minimum Gasteiger partial charge on any atom is -0.462 e. The minimum absolute atomic E-state index is 0.0633. The standard InChI is InChI=1S/C43H82O6/c1-4-7-10-13-16-19-21-22-25-27-30-33-36-42(45)48-39-40(38-47-41(44)35-32-29-26-23-18-15-12-9-6-3)49-43(46)37-34-31-28-24-20-17-14-11-8-5-2/h40H,4-39H2,1-3H3/t40-/m1/s1. The van der Waals surface area contributed by atoms with Gasteiger partial charge >= 0.3 is 17.9 Å². The summed E-state index contributed by atoms with van der Waals surface area (Å²) in [5.74, 6) is -0.859. The van der Waals surface area contributed by atoms with E-state index in [9.17, 15) is 14.4 Å². The zero-order valence-electron chi connectivity index (χ0n) is 33.0. The van der Waals surface area contributed by atoms with E-state index in [1.54, 1.807) is 0 Å². The Balaban J connectivity index is 4.31. The molecule has 0 aliphatic rings. The Morgan fingerprint density at radius 3 is 0.816 bits per heavy atom. The Bertz CT molecular complexity index is 723. The van der Waals surface area contributed by atoms with Crippen LogP contribution in [0.25, 0.3) is 0 Å². The molecule has 0 fully saturated rings. The molecule has 0 radical (unpaired) electrons. The molecule has 0 saturated heterocycles. The maximum atomic E-state index is 12.6. The molecule has 0 aliphatic carbocycles. The zero-order valence-corrected chi connectivity index (χ0v) is 33.0. The lowest BCUT2D eigenvalue weighted by Gasteiger charge is -2.18. The predicted molar refractivity (Wildman–Crippen MR) is 206 cm³/mol. The van der Waals surface area contributed by atoms with Gasteiger partial charge in [-0.15, -0.1) is 0 Å². The molecule has 0 aromatic rings. The summed E-state index contributed by atoms with van der Waals surface area (Å²) in [6, 6.07) is 0. The number of carbonyl (C=O) groups excluding carboxylic acids is 3. The molecule has 290 valence electrons. The maximum Gasteiger partial charge on any atom is 0.306 e. The normalized spacial score (nSPS) is 11.8. The highest BCUT2D eigenvalue weighted by Crippen LogP contribution is 2.15. The van der Waals surface area contributed by atoms with Crippen molar-refractivity contribution >= 4 is 17.9 Å². The molecule has 1 atom stereocenters. The molecule has 0 rings (SSSR count). The van der Waals surface area contributed by atoms with Gasteiger partial charge in [0.05, 0.1) is 0 Å².